The largest absolute Gasteiger partial charge is 0.492 e. The molecule has 2 aromatic carbocycles. The Kier molecular flexibility index (Phi) is 6.05. The fraction of sp³-hybridized carbons (Fsp3) is 0.250. The zero-order valence-electron chi connectivity index (χ0n) is 16.9. The molecule has 0 aliphatic carbocycles. The fourth-order valence-corrected chi connectivity index (χ4v) is 3.55. The summed E-state index contributed by atoms with van der Waals surface area (Å²) in [7, 11) is 1.82. The first-order chi connectivity index (χ1) is 14.6. The molecule has 30 heavy (non-hydrogen) atoms. The van der Waals surface area contributed by atoms with Gasteiger partial charge in [0, 0.05) is 50.4 Å². The van der Waals surface area contributed by atoms with Gasteiger partial charge in [0.05, 0.1) is 0 Å². The molecule has 0 atom stereocenters. The third-order valence-corrected chi connectivity index (χ3v) is 5.20. The van der Waals surface area contributed by atoms with Gasteiger partial charge < -0.3 is 15.0 Å². The SMILES string of the molecule is CN1CCNCCOc2ccc(-c3ccc(F)nc3)cc2Cc2cccc(c2)C1=O. The minimum Gasteiger partial charge on any atom is -0.492 e. The van der Waals surface area contributed by atoms with E-state index in [1.54, 1.807) is 11.0 Å². The number of aromatic nitrogens is 1. The standard InChI is InChI=1S/C24H24FN3O2/c1-28-11-9-26-10-12-30-22-7-5-18(20-6-8-23(25)27-16-20)15-21(22)14-17-3-2-4-19(13-17)24(28)29/h2-8,13,15-16,26H,9-12,14H2,1H3. The first-order valence-corrected chi connectivity index (χ1v) is 10.0. The Balaban J connectivity index is 1.71. The van der Waals surface area contributed by atoms with E-state index in [0.29, 0.717) is 38.2 Å². The Bertz CT molecular complexity index is 1040. The van der Waals surface area contributed by atoms with Gasteiger partial charge in [-0.2, -0.15) is 4.39 Å². The van der Waals surface area contributed by atoms with E-state index in [0.717, 1.165) is 28.0 Å². The number of likely N-dealkylation sites (N-methyl/N-ethyl adjacent to an activating group) is 1. The fourth-order valence-electron chi connectivity index (χ4n) is 3.55. The zero-order chi connectivity index (χ0) is 20.9. The van der Waals surface area contributed by atoms with Gasteiger partial charge in [-0.05, 0) is 53.1 Å². The summed E-state index contributed by atoms with van der Waals surface area (Å²) in [4.78, 5) is 18.2. The lowest BCUT2D eigenvalue weighted by Crippen LogP contribution is -2.35. The second-order valence-corrected chi connectivity index (χ2v) is 7.39. The molecule has 0 fully saturated rings. The summed E-state index contributed by atoms with van der Waals surface area (Å²) < 4.78 is 19.2. The number of nitrogens with zero attached hydrogens (tertiary/aromatic N) is 2. The van der Waals surface area contributed by atoms with E-state index in [1.165, 1.54) is 12.3 Å². The number of nitrogens with one attached hydrogen (secondary N) is 1. The smallest absolute Gasteiger partial charge is 0.253 e. The molecule has 0 unspecified atom stereocenters. The Hall–Kier alpha value is -3.25. The predicted molar refractivity (Wildman–Crippen MR) is 114 cm³/mol. The van der Waals surface area contributed by atoms with Crippen LogP contribution in [-0.2, 0) is 6.42 Å². The van der Waals surface area contributed by atoms with Gasteiger partial charge in [-0.15, -0.1) is 0 Å². The highest BCUT2D eigenvalue weighted by Crippen LogP contribution is 2.29. The lowest BCUT2D eigenvalue weighted by molar-refractivity contribution is 0.0795. The first kappa shape index (κ1) is 20.0. The molecule has 0 radical (unpaired) electrons. The number of ether oxygens (including phenoxy) is 1. The van der Waals surface area contributed by atoms with Crippen molar-refractivity contribution in [2.45, 2.75) is 6.42 Å². The molecule has 1 aliphatic heterocycles. The number of hydrogen-bond donors (Lipinski definition) is 1. The second kappa shape index (κ2) is 9.05. The van der Waals surface area contributed by atoms with Gasteiger partial charge in [-0.25, -0.2) is 4.98 Å². The number of rotatable bonds is 1. The highest BCUT2D eigenvalue weighted by atomic mass is 19.1. The molecule has 2 bridgehead atoms. The molecule has 0 saturated carbocycles. The average Bonchev–Trinajstić information content (AvgIpc) is 2.76. The lowest BCUT2D eigenvalue weighted by atomic mass is 9.98. The maximum absolute atomic E-state index is 13.2. The number of hydrogen-bond acceptors (Lipinski definition) is 4. The number of pyridine rings is 1. The van der Waals surface area contributed by atoms with Crippen LogP contribution in [0.1, 0.15) is 21.5 Å². The molecule has 1 aromatic heterocycles. The van der Waals surface area contributed by atoms with E-state index in [9.17, 15) is 9.18 Å². The normalized spacial score (nSPS) is 15.1. The minimum absolute atomic E-state index is 0.0123. The third kappa shape index (κ3) is 4.66. The number of carbonyl (C=O) groups is 1. The summed E-state index contributed by atoms with van der Waals surface area (Å²) >= 11 is 0. The van der Waals surface area contributed by atoms with Crippen LogP contribution in [-0.4, -0.2) is 49.1 Å². The van der Waals surface area contributed by atoms with E-state index < -0.39 is 5.95 Å². The van der Waals surface area contributed by atoms with Crippen molar-refractivity contribution < 1.29 is 13.9 Å². The van der Waals surface area contributed by atoms with Gasteiger partial charge in [0.25, 0.3) is 5.91 Å². The molecule has 2 heterocycles. The first-order valence-electron chi connectivity index (χ1n) is 10.0. The molecule has 1 aliphatic rings. The monoisotopic (exact) mass is 405 g/mol. The van der Waals surface area contributed by atoms with Crippen molar-refractivity contribution in [3.8, 4) is 16.9 Å². The van der Waals surface area contributed by atoms with Crippen molar-refractivity contribution in [3.63, 3.8) is 0 Å². The van der Waals surface area contributed by atoms with E-state index >= 15 is 0 Å². The molecule has 5 nitrogen and oxygen atoms in total. The summed E-state index contributed by atoms with van der Waals surface area (Å²) in [6.45, 7) is 2.56. The van der Waals surface area contributed by atoms with Crippen LogP contribution in [0.2, 0.25) is 0 Å². The minimum atomic E-state index is -0.501. The van der Waals surface area contributed by atoms with Crippen molar-refractivity contribution in [3.05, 3.63) is 83.4 Å². The summed E-state index contributed by atoms with van der Waals surface area (Å²) in [5.41, 5.74) is 4.49. The van der Waals surface area contributed by atoms with Gasteiger partial charge in [0.1, 0.15) is 12.4 Å². The van der Waals surface area contributed by atoms with Crippen LogP contribution in [0, 0.1) is 5.95 Å². The Morgan fingerprint density at radius 3 is 2.73 bits per heavy atom. The van der Waals surface area contributed by atoms with Crippen LogP contribution in [0.3, 0.4) is 0 Å². The van der Waals surface area contributed by atoms with Crippen molar-refractivity contribution in [1.29, 1.82) is 0 Å². The highest BCUT2D eigenvalue weighted by Gasteiger charge is 2.14. The van der Waals surface area contributed by atoms with Crippen molar-refractivity contribution in [2.75, 3.05) is 33.3 Å². The van der Waals surface area contributed by atoms with E-state index in [4.69, 9.17) is 4.74 Å². The van der Waals surface area contributed by atoms with Crippen LogP contribution in [0.25, 0.3) is 11.1 Å². The molecular formula is C24H24FN3O2. The molecule has 3 aromatic rings. The van der Waals surface area contributed by atoms with E-state index in [1.807, 2.05) is 49.5 Å². The lowest BCUT2D eigenvalue weighted by Gasteiger charge is -2.19. The number of benzene rings is 2. The summed E-state index contributed by atoms with van der Waals surface area (Å²) in [6.07, 6.45) is 2.15. The quantitative estimate of drug-likeness (QED) is 0.630. The molecule has 1 N–H and O–H groups in total. The summed E-state index contributed by atoms with van der Waals surface area (Å²) in [5, 5.41) is 3.31. The van der Waals surface area contributed by atoms with Gasteiger partial charge in [0.15, 0.2) is 0 Å². The molecular weight excluding hydrogens is 381 g/mol. The van der Waals surface area contributed by atoms with Crippen LogP contribution in [0.5, 0.6) is 5.75 Å². The number of halogens is 1. The summed E-state index contributed by atoms with van der Waals surface area (Å²) in [5.74, 6) is 0.319. The second-order valence-electron chi connectivity index (χ2n) is 7.39. The summed E-state index contributed by atoms with van der Waals surface area (Å²) in [6, 6.07) is 16.7. The molecule has 6 heteroatoms. The van der Waals surface area contributed by atoms with Gasteiger partial charge in [-0.1, -0.05) is 18.2 Å². The highest BCUT2D eigenvalue weighted by molar-refractivity contribution is 5.94. The topological polar surface area (TPSA) is 54.5 Å². The Morgan fingerprint density at radius 1 is 1.03 bits per heavy atom. The third-order valence-electron chi connectivity index (χ3n) is 5.20. The molecule has 1 amide bonds. The maximum atomic E-state index is 13.2. The van der Waals surface area contributed by atoms with E-state index in [2.05, 4.69) is 10.3 Å². The van der Waals surface area contributed by atoms with Crippen molar-refractivity contribution in [2.24, 2.45) is 0 Å². The van der Waals surface area contributed by atoms with Crippen molar-refractivity contribution in [1.82, 2.24) is 15.2 Å². The maximum Gasteiger partial charge on any atom is 0.253 e. The van der Waals surface area contributed by atoms with Gasteiger partial charge >= 0.3 is 0 Å². The van der Waals surface area contributed by atoms with Gasteiger partial charge in [-0.3, -0.25) is 4.79 Å². The number of fused-ring (bicyclic) bond motifs is 3. The predicted octanol–water partition coefficient (Wildman–Crippen LogP) is 3.53. The zero-order valence-corrected chi connectivity index (χ0v) is 16.9. The van der Waals surface area contributed by atoms with Crippen LogP contribution in [0.15, 0.2) is 60.8 Å². The molecule has 4 rings (SSSR count). The Morgan fingerprint density at radius 2 is 1.90 bits per heavy atom. The van der Waals surface area contributed by atoms with Crippen molar-refractivity contribution >= 4 is 5.91 Å². The number of amides is 1. The molecule has 154 valence electrons. The van der Waals surface area contributed by atoms with Gasteiger partial charge in [0.2, 0.25) is 5.95 Å². The van der Waals surface area contributed by atoms with E-state index in [-0.39, 0.29) is 5.91 Å². The molecule has 0 saturated heterocycles. The van der Waals surface area contributed by atoms with Crippen LogP contribution < -0.4 is 10.1 Å². The number of carbonyl (C=O) groups excluding carboxylic acids is 1. The van der Waals surface area contributed by atoms with Crippen LogP contribution >= 0.6 is 0 Å². The molecule has 0 spiro atoms. The van der Waals surface area contributed by atoms with Crippen LogP contribution in [0.4, 0.5) is 4.39 Å². The average molecular weight is 405 g/mol. The Labute approximate surface area is 175 Å².